The molecule has 0 saturated carbocycles. The standard InChI is InChI=1S/C22H27N3O3S2/c1-5-6-13-25(4)30(27,28)18-10-7-16(8-11-18)21(26)24-22-23-19-12-9-17(15(2)3)14-20(19)29-22/h7-12,14-15H,5-6,13H2,1-4H3,(H,23,24,26). The molecule has 0 aliphatic heterocycles. The fourth-order valence-corrected chi connectivity index (χ4v) is 5.10. The molecule has 0 aliphatic carbocycles. The first kappa shape index (κ1) is 22.4. The highest BCUT2D eigenvalue weighted by Crippen LogP contribution is 2.29. The van der Waals surface area contributed by atoms with Gasteiger partial charge in [-0.15, -0.1) is 0 Å². The van der Waals surface area contributed by atoms with E-state index < -0.39 is 10.0 Å². The maximum Gasteiger partial charge on any atom is 0.257 e. The van der Waals surface area contributed by atoms with Crippen molar-refractivity contribution in [3.05, 3.63) is 53.6 Å². The van der Waals surface area contributed by atoms with Gasteiger partial charge in [0.15, 0.2) is 5.13 Å². The first-order valence-electron chi connectivity index (χ1n) is 10.0. The molecule has 160 valence electrons. The molecule has 0 aliphatic rings. The Morgan fingerprint density at radius 1 is 1.17 bits per heavy atom. The van der Waals surface area contributed by atoms with Crippen molar-refractivity contribution in [2.24, 2.45) is 0 Å². The van der Waals surface area contributed by atoms with Crippen LogP contribution in [0.5, 0.6) is 0 Å². The Labute approximate surface area is 182 Å². The van der Waals surface area contributed by atoms with Gasteiger partial charge >= 0.3 is 0 Å². The van der Waals surface area contributed by atoms with Gasteiger partial charge in [-0.1, -0.05) is 44.6 Å². The molecule has 3 rings (SSSR count). The normalized spacial score (nSPS) is 12.1. The highest BCUT2D eigenvalue weighted by atomic mass is 32.2. The van der Waals surface area contributed by atoms with Crippen LogP contribution in [0, 0.1) is 0 Å². The van der Waals surface area contributed by atoms with Crippen molar-refractivity contribution in [2.45, 2.75) is 44.4 Å². The van der Waals surface area contributed by atoms with E-state index in [1.807, 2.05) is 13.0 Å². The molecule has 1 aromatic heterocycles. The number of sulfonamides is 1. The van der Waals surface area contributed by atoms with Crippen molar-refractivity contribution >= 4 is 42.6 Å². The van der Waals surface area contributed by atoms with Crippen molar-refractivity contribution in [1.82, 2.24) is 9.29 Å². The molecule has 0 bridgehead atoms. The average Bonchev–Trinajstić information content (AvgIpc) is 3.13. The molecular weight excluding hydrogens is 418 g/mol. The molecule has 0 atom stereocenters. The molecule has 6 nitrogen and oxygen atoms in total. The molecule has 1 N–H and O–H groups in total. The second-order valence-electron chi connectivity index (χ2n) is 7.56. The number of anilines is 1. The first-order valence-corrected chi connectivity index (χ1v) is 12.3. The van der Waals surface area contributed by atoms with E-state index in [1.165, 1.54) is 45.5 Å². The van der Waals surface area contributed by atoms with Crippen LogP contribution in [0.4, 0.5) is 5.13 Å². The first-order chi connectivity index (χ1) is 14.2. The summed E-state index contributed by atoms with van der Waals surface area (Å²) in [5.74, 6) is 0.103. The quantitative estimate of drug-likeness (QED) is 0.524. The molecule has 8 heteroatoms. The summed E-state index contributed by atoms with van der Waals surface area (Å²) in [4.78, 5) is 17.2. The lowest BCUT2D eigenvalue weighted by Gasteiger charge is -2.16. The summed E-state index contributed by atoms with van der Waals surface area (Å²) in [7, 11) is -1.98. The van der Waals surface area contributed by atoms with E-state index in [-0.39, 0.29) is 10.8 Å². The summed E-state index contributed by atoms with van der Waals surface area (Å²) in [6.45, 7) is 6.76. The summed E-state index contributed by atoms with van der Waals surface area (Å²) in [5, 5.41) is 3.33. The largest absolute Gasteiger partial charge is 0.298 e. The van der Waals surface area contributed by atoms with Gasteiger partial charge in [0.2, 0.25) is 10.0 Å². The number of nitrogens with one attached hydrogen (secondary N) is 1. The number of carbonyl (C=O) groups is 1. The van der Waals surface area contributed by atoms with Crippen LogP contribution in [0.1, 0.15) is 55.5 Å². The molecule has 3 aromatic rings. The highest BCUT2D eigenvalue weighted by Gasteiger charge is 2.20. The SMILES string of the molecule is CCCCN(C)S(=O)(=O)c1ccc(C(=O)Nc2nc3ccc(C(C)C)cc3s2)cc1. The number of rotatable bonds is 8. The number of hydrogen-bond donors (Lipinski definition) is 1. The Balaban J connectivity index is 1.74. The summed E-state index contributed by atoms with van der Waals surface area (Å²) in [6, 6.07) is 12.1. The monoisotopic (exact) mass is 445 g/mol. The number of nitrogens with zero attached hydrogens (tertiary/aromatic N) is 2. The number of fused-ring (bicyclic) bond motifs is 1. The molecule has 1 heterocycles. The molecule has 30 heavy (non-hydrogen) atoms. The van der Waals surface area contributed by atoms with Crippen molar-refractivity contribution in [3.63, 3.8) is 0 Å². The van der Waals surface area contributed by atoms with E-state index in [4.69, 9.17) is 0 Å². The fourth-order valence-electron chi connectivity index (χ4n) is 2.98. The predicted molar refractivity (Wildman–Crippen MR) is 123 cm³/mol. The number of aromatic nitrogens is 1. The number of unbranched alkanes of at least 4 members (excludes halogenated alkanes) is 1. The predicted octanol–water partition coefficient (Wildman–Crippen LogP) is 5.09. The van der Waals surface area contributed by atoms with Crippen LogP contribution in [-0.2, 0) is 10.0 Å². The zero-order valence-corrected chi connectivity index (χ0v) is 19.3. The second-order valence-corrected chi connectivity index (χ2v) is 10.6. The van der Waals surface area contributed by atoms with Crippen molar-refractivity contribution < 1.29 is 13.2 Å². The Morgan fingerprint density at radius 3 is 2.50 bits per heavy atom. The van der Waals surface area contributed by atoms with Crippen LogP contribution in [0.25, 0.3) is 10.2 Å². The van der Waals surface area contributed by atoms with Crippen LogP contribution in [0.2, 0.25) is 0 Å². The zero-order valence-electron chi connectivity index (χ0n) is 17.7. The van der Waals surface area contributed by atoms with Gasteiger partial charge in [-0.2, -0.15) is 0 Å². The number of amides is 1. The third-order valence-electron chi connectivity index (χ3n) is 4.95. The molecular formula is C22H27N3O3S2. The van der Waals surface area contributed by atoms with Crippen LogP contribution in [-0.4, -0.2) is 37.2 Å². The summed E-state index contributed by atoms with van der Waals surface area (Å²) >= 11 is 1.43. The summed E-state index contributed by atoms with van der Waals surface area (Å²) in [5.41, 5.74) is 2.45. The maximum atomic E-state index is 12.6. The molecule has 1 amide bonds. The van der Waals surface area contributed by atoms with Gasteiger partial charge in [0.1, 0.15) is 0 Å². The van der Waals surface area contributed by atoms with E-state index in [0.29, 0.717) is 23.2 Å². The van der Waals surface area contributed by atoms with Gasteiger partial charge in [-0.25, -0.2) is 17.7 Å². The minimum Gasteiger partial charge on any atom is -0.298 e. The molecule has 2 aromatic carbocycles. The number of thiazole rings is 1. The Kier molecular flexibility index (Phi) is 6.90. The minimum absolute atomic E-state index is 0.179. The van der Waals surface area contributed by atoms with Crippen LogP contribution < -0.4 is 5.32 Å². The molecule has 0 fully saturated rings. The van der Waals surface area contributed by atoms with Gasteiger partial charge in [0.25, 0.3) is 5.91 Å². The highest BCUT2D eigenvalue weighted by molar-refractivity contribution is 7.89. The van der Waals surface area contributed by atoms with Gasteiger partial charge in [0, 0.05) is 19.2 Å². The average molecular weight is 446 g/mol. The van der Waals surface area contributed by atoms with Crippen molar-refractivity contribution in [1.29, 1.82) is 0 Å². The van der Waals surface area contributed by atoms with Crippen LogP contribution in [0.3, 0.4) is 0 Å². The number of carbonyl (C=O) groups excluding carboxylic acids is 1. The molecule has 0 radical (unpaired) electrons. The Morgan fingerprint density at radius 2 is 1.87 bits per heavy atom. The van der Waals surface area contributed by atoms with E-state index in [1.54, 1.807) is 7.05 Å². The van der Waals surface area contributed by atoms with Gasteiger partial charge in [-0.3, -0.25) is 10.1 Å². The Hall–Kier alpha value is -2.29. The lowest BCUT2D eigenvalue weighted by atomic mass is 10.0. The van der Waals surface area contributed by atoms with E-state index in [9.17, 15) is 13.2 Å². The number of benzene rings is 2. The summed E-state index contributed by atoms with van der Waals surface area (Å²) < 4.78 is 27.6. The maximum absolute atomic E-state index is 12.6. The lowest BCUT2D eigenvalue weighted by Crippen LogP contribution is -2.28. The fraction of sp³-hybridized carbons (Fsp3) is 0.364. The number of hydrogen-bond acceptors (Lipinski definition) is 5. The lowest BCUT2D eigenvalue weighted by molar-refractivity contribution is 0.102. The smallest absolute Gasteiger partial charge is 0.257 e. The van der Waals surface area contributed by atoms with E-state index in [0.717, 1.165) is 23.1 Å². The molecule has 0 spiro atoms. The second kappa shape index (κ2) is 9.24. The van der Waals surface area contributed by atoms with Crippen LogP contribution >= 0.6 is 11.3 Å². The van der Waals surface area contributed by atoms with Gasteiger partial charge in [0.05, 0.1) is 15.1 Å². The third kappa shape index (κ3) is 4.88. The minimum atomic E-state index is -3.55. The van der Waals surface area contributed by atoms with Crippen LogP contribution in [0.15, 0.2) is 47.4 Å². The van der Waals surface area contributed by atoms with Crippen molar-refractivity contribution in [2.75, 3.05) is 18.9 Å². The van der Waals surface area contributed by atoms with E-state index >= 15 is 0 Å². The molecule has 0 unspecified atom stereocenters. The molecule has 0 saturated heterocycles. The zero-order chi connectivity index (χ0) is 21.9. The Bertz CT molecular complexity index is 1140. The van der Waals surface area contributed by atoms with Gasteiger partial charge < -0.3 is 0 Å². The summed E-state index contributed by atoms with van der Waals surface area (Å²) in [6.07, 6.45) is 1.72. The third-order valence-corrected chi connectivity index (χ3v) is 7.76. The topological polar surface area (TPSA) is 79.4 Å². The van der Waals surface area contributed by atoms with Gasteiger partial charge in [-0.05, 0) is 54.3 Å². The van der Waals surface area contributed by atoms with Crippen molar-refractivity contribution in [3.8, 4) is 0 Å². The van der Waals surface area contributed by atoms with E-state index in [2.05, 4.69) is 36.3 Å².